The Morgan fingerprint density at radius 3 is 2.52 bits per heavy atom. The quantitative estimate of drug-likeness (QED) is 0.340. The number of nitrogens with zero attached hydrogens (tertiary/aromatic N) is 3. The Balaban J connectivity index is 0.00000364. The SMILES string of the molecule is CCc1nc(CNC(=NC)NC2CCN(S(=O)(=O)C(F)(F)F)CC2)cs1.I. The lowest BCUT2D eigenvalue weighted by Crippen LogP contribution is -2.51. The zero-order valence-corrected chi connectivity index (χ0v) is 18.9. The molecule has 2 rings (SSSR count). The number of aromatic nitrogens is 1. The van der Waals surface area contributed by atoms with Gasteiger partial charge in [-0.05, 0) is 19.3 Å². The number of rotatable bonds is 5. The molecule has 1 aliphatic rings. The van der Waals surface area contributed by atoms with Crippen molar-refractivity contribution < 1.29 is 21.6 Å². The Hall–Kier alpha value is -0.670. The lowest BCUT2D eigenvalue weighted by molar-refractivity contribution is -0.0494. The molecule has 0 bridgehead atoms. The second-order valence-electron chi connectivity index (χ2n) is 5.78. The number of piperidine rings is 1. The van der Waals surface area contributed by atoms with Gasteiger partial charge < -0.3 is 10.6 Å². The summed E-state index contributed by atoms with van der Waals surface area (Å²) < 4.78 is 61.1. The molecule has 1 aromatic heterocycles. The van der Waals surface area contributed by atoms with Gasteiger partial charge in [-0.15, -0.1) is 35.3 Å². The summed E-state index contributed by atoms with van der Waals surface area (Å²) in [6.07, 6.45) is 1.41. The van der Waals surface area contributed by atoms with Crippen molar-refractivity contribution in [3.63, 3.8) is 0 Å². The third-order valence-corrected chi connectivity index (χ3v) is 6.66. The van der Waals surface area contributed by atoms with Gasteiger partial charge in [-0.1, -0.05) is 6.92 Å². The molecule has 0 saturated carbocycles. The number of aliphatic imine (C=N–C) groups is 1. The highest BCUT2D eigenvalue weighted by atomic mass is 127. The summed E-state index contributed by atoms with van der Waals surface area (Å²) >= 11 is 1.58. The van der Waals surface area contributed by atoms with E-state index in [2.05, 4.69) is 20.6 Å². The first kappa shape index (κ1) is 24.4. The molecule has 13 heteroatoms. The lowest BCUT2D eigenvalue weighted by Gasteiger charge is -2.32. The lowest BCUT2D eigenvalue weighted by atomic mass is 10.1. The largest absolute Gasteiger partial charge is 0.511 e. The van der Waals surface area contributed by atoms with Crippen molar-refractivity contribution in [1.29, 1.82) is 0 Å². The van der Waals surface area contributed by atoms with E-state index >= 15 is 0 Å². The van der Waals surface area contributed by atoms with Gasteiger partial charge in [0, 0.05) is 31.6 Å². The molecule has 0 amide bonds. The summed E-state index contributed by atoms with van der Waals surface area (Å²) in [4.78, 5) is 8.52. The van der Waals surface area contributed by atoms with Crippen molar-refractivity contribution in [2.24, 2.45) is 4.99 Å². The number of aryl methyl sites for hydroxylation is 1. The van der Waals surface area contributed by atoms with E-state index in [1.165, 1.54) is 0 Å². The first-order valence-electron chi connectivity index (χ1n) is 8.14. The van der Waals surface area contributed by atoms with Crippen LogP contribution in [0.3, 0.4) is 0 Å². The maximum Gasteiger partial charge on any atom is 0.511 e. The predicted octanol–water partition coefficient (Wildman–Crippen LogP) is 2.30. The first-order chi connectivity index (χ1) is 12.2. The van der Waals surface area contributed by atoms with Crippen LogP contribution in [-0.4, -0.2) is 55.4 Å². The van der Waals surface area contributed by atoms with E-state index in [9.17, 15) is 21.6 Å². The van der Waals surface area contributed by atoms with Gasteiger partial charge in [0.1, 0.15) is 0 Å². The van der Waals surface area contributed by atoms with Crippen LogP contribution in [0.5, 0.6) is 0 Å². The Kier molecular flexibility index (Phi) is 9.21. The molecule has 7 nitrogen and oxygen atoms in total. The molecule has 0 aliphatic carbocycles. The summed E-state index contributed by atoms with van der Waals surface area (Å²) in [5.41, 5.74) is -4.36. The van der Waals surface area contributed by atoms with Crippen molar-refractivity contribution in [2.75, 3.05) is 20.1 Å². The molecule has 156 valence electrons. The van der Waals surface area contributed by atoms with Gasteiger partial charge in [-0.2, -0.15) is 17.5 Å². The minimum Gasteiger partial charge on any atom is -0.354 e. The number of halogens is 4. The van der Waals surface area contributed by atoms with Gasteiger partial charge in [0.05, 0.1) is 17.2 Å². The van der Waals surface area contributed by atoms with Crippen LogP contribution in [0.2, 0.25) is 0 Å². The highest BCUT2D eigenvalue weighted by Gasteiger charge is 2.50. The fourth-order valence-electron chi connectivity index (χ4n) is 2.54. The third-order valence-electron chi connectivity index (χ3n) is 3.99. The van der Waals surface area contributed by atoms with Crippen LogP contribution in [0.1, 0.15) is 30.5 Å². The van der Waals surface area contributed by atoms with Gasteiger partial charge in [0.15, 0.2) is 5.96 Å². The van der Waals surface area contributed by atoms with Crippen LogP contribution in [0.25, 0.3) is 0 Å². The molecule has 0 spiro atoms. The van der Waals surface area contributed by atoms with Gasteiger partial charge in [0.2, 0.25) is 0 Å². The molecule has 0 radical (unpaired) electrons. The van der Waals surface area contributed by atoms with E-state index < -0.39 is 15.5 Å². The van der Waals surface area contributed by atoms with Crippen molar-refractivity contribution in [3.05, 3.63) is 16.1 Å². The molecule has 0 unspecified atom stereocenters. The van der Waals surface area contributed by atoms with Gasteiger partial charge in [-0.3, -0.25) is 4.99 Å². The zero-order valence-electron chi connectivity index (χ0n) is 14.9. The Morgan fingerprint density at radius 2 is 2.04 bits per heavy atom. The van der Waals surface area contributed by atoms with E-state index in [4.69, 9.17) is 0 Å². The van der Waals surface area contributed by atoms with E-state index in [0.29, 0.717) is 16.8 Å². The molecular formula is C14H23F3IN5O2S2. The van der Waals surface area contributed by atoms with Crippen molar-refractivity contribution in [3.8, 4) is 0 Å². The van der Waals surface area contributed by atoms with Crippen molar-refractivity contribution in [1.82, 2.24) is 19.9 Å². The predicted molar refractivity (Wildman–Crippen MR) is 110 cm³/mol. The maximum absolute atomic E-state index is 12.6. The van der Waals surface area contributed by atoms with Crippen LogP contribution < -0.4 is 10.6 Å². The Labute approximate surface area is 177 Å². The molecule has 1 aromatic rings. The Bertz CT molecular complexity index is 731. The van der Waals surface area contributed by atoms with E-state index in [-0.39, 0.29) is 55.9 Å². The number of guanidine groups is 1. The molecule has 2 N–H and O–H groups in total. The maximum atomic E-state index is 12.6. The normalized spacial score (nSPS) is 17.4. The fourth-order valence-corrected chi connectivity index (χ4v) is 4.27. The van der Waals surface area contributed by atoms with E-state index in [1.54, 1.807) is 18.4 Å². The molecule has 1 aliphatic heterocycles. The number of nitrogens with one attached hydrogen (secondary N) is 2. The number of sulfonamides is 1. The molecule has 0 atom stereocenters. The number of hydrogen-bond acceptors (Lipinski definition) is 5. The monoisotopic (exact) mass is 541 g/mol. The van der Waals surface area contributed by atoms with Crippen molar-refractivity contribution >= 4 is 51.3 Å². The van der Waals surface area contributed by atoms with Crippen molar-refractivity contribution in [2.45, 2.75) is 44.3 Å². The number of thiazole rings is 1. The summed E-state index contributed by atoms with van der Waals surface area (Å²) in [6, 6.07) is -0.150. The van der Waals surface area contributed by atoms with Crippen LogP contribution in [0.4, 0.5) is 13.2 Å². The van der Waals surface area contributed by atoms with Gasteiger partial charge in [-0.25, -0.2) is 13.4 Å². The topological polar surface area (TPSA) is 86.7 Å². The molecule has 0 aromatic carbocycles. The molecule has 27 heavy (non-hydrogen) atoms. The minimum absolute atomic E-state index is 0. The highest BCUT2D eigenvalue weighted by Crippen LogP contribution is 2.28. The molecule has 2 heterocycles. The smallest absolute Gasteiger partial charge is 0.354 e. The van der Waals surface area contributed by atoms with E-state index in [0.717, 1.165) is 17.1 Å². The summed E-state index contributed by atoms with van der Waals surface area (Å²) in [5.74, 6) is 0.508. The summed E-state index contributed by atoms with van der Waals surface area (Å²) in [6.45, 7) is 2.16. The molecule has 1 saturated heterocycles. The summed E-state index contributed by atoms with van der Waals surface area (Å²) in [5, 5.41) is 9.23. The average Bonchev–Trinajstić information content (AvgIpc) is 3.06. The van der Waals surface area contributed by atoms with E-state index in [1.807, 2.05) is 12.3 Å². The molecular weight excluding hydrogens is 518 g/mol. The zero-order chi connectivity index (χ0) is 19.4. The Morgan fingerprint density at radius 1 is 1.41 bits per heavy atom. The van der Waals surface area contributed by atoms with Crippen LogP contribution >= 0.6 is 35.3 Å². The third kappa shape index (κ3) is 6.42. The van der Waals surface area contributed by atoms with Crippen LogP contribution in [0.15, 0.2) is 10.4 Å². The number of hydrogen-bond donors (Lipinski definition) is 2. The van der Waals surface area contributed by atoms with Crippen LogP contribution in [-0.2, 0) is 23.0 Å². The average molecular weight is 541 g/mol. The number of alkyl halides is 3. The second-order valence-corrected chi connectivity index (χ2v) is 8.65. The standard InChI is InChI=1S/C14H22F3N5O2S2.HI/c1-3-12-20-11(9-25-12)8-19-13(18-2)21-10-4-6-22(7-5-10)26(23,24)14(15,16)17;/h9-10H,3-8H2,1-2H3,(H2,18,19,21);1H. The summed E-state index contributed by atoms with van der Waals surface area (Å²) in [7, 11) is -3.66. The fraction of sp³-hybridized carbons (Fsp3) is 0.714. The first-order valence-corrected chi connectivity index (χ1v) is 10.5. The van der Waals surface area contributed by atoms with Gasteiger partial charge >= 0.3 is 15.5 Å². The van der Waals surface area contributed by atoms with Crippen LogP contribution in [0, 0.1) is 0 Å². The minimum atomic E-state index is -5.25. The highest BCUT2D eigenvalue weighted by molar-refractivity contribution is 14.0. The van der Waals surface area contributed by atoms with Gasteiger partial charge in [0.25, 0.3) is 0 Å². The second kappa shape index (κ2) is 10.2. The molecule has 1 fully saturated rings.